The third kappa shape index (κ3) is 1.38. The van der Waals surface area contributed by atoms with Crippen molar-refractivity contribution < 1.29 is 0 Å². The van der Waals surface area contributed by atoms with Crippen LogP contribution in [0.25, 0.3) is 0 Å². The van der Waals surface area contributed by atoms with Crippen molar-refractivity contribution in [2.75, 3.05) is 0 Å². The first-order chi connectivity index (χ1) is 5.75. The lowest BCUT2D eigenvalue weighted by atomic mass is 9.76. The highest BCUT2D eigenvalue weighted by Gasteiger charge is 2.25. The van der Waals surface area contributed by atoms with Crippen LogP contribution >= 0.6 is 0 Å². The molecule has 2 heteroatoms. The van der Waals surface area contributed by atoms with E-state index in [2.05, 4.69) is 29.6 Å². The fraction of sp³-hybridized carbons (Fsp3) is 0.700. The molecule has 2 rings (SSSR count). The summed E-state index contributed by atoms with van der Waals surface area (Å²) in [7, 11) is 0. The number of imidazole rings is 1. The summed E-state index contributed by atoms with van der Waals surface area (Å²) >= 11 is 0. The van der Waals surface area contributed by atoms with Gasteiger partial charge in [0.05, 0.1) is 0 Å². The molecule has 12 heavy (non-hydrogen) atoms. The molecule has 0 spiro atoms. The lowest BCUT2D eigenvalue weighted by Gasteiger charge is -2.33. The quantitative estimate of drug-likeness (QED) is 0.655. The van der Waals surface area contributed by atoms with Crippen LogP contribution in [0, 0.1) is 18.8 Å². The topological polar surface area (TPSA) is 17.8 Å². The van der Waals surface area contributed by atoms with Crippen molar-refractivity contribution in [1.29, 1.82) is 0 Å². The van der Waals surface area contributed by atoms with Crippen molar-refractivity contribution in [3.63, 3.8) is 0 Å². The fourth-order valence-corrected chi connectivity index (χ4v) is 2.09. The van der Waals surface area contributed by atoms with Gasteiger partial charge in [-0.25, -0.2) is 4.98 Å². The monoisotopic (exact) mass is 164 g/mol. The number of hydrogen-bond donors (Lipinski definition) is 0. The van der Waals surface area contributed by atoms with E-state index in [-0.39, 0.29) is 0 Å². The van der Waals surface area contributed by atoms with E-state index in [9.17, 15) is 0 Å². The Hall–Kier alpha value is -0.790. The van der Waals surface area contributed by atoms with Gasteiger partial charge in [-0.3, -0.25) is 0 Å². The highest BCUT2D eigenvalue weighted by molar-refractivity contribution is 4.90. The second-order valence-corrected chi connectivity index (χ2v) is 4.07. The Balaban J connectivity index is 1.92. The average Bonchev–Trinajstić information content (AvgIpc) is 2.33. The molecule has 0 aliphatic heterocycles. The van der Waals surface area contributed by atoms with Gasteiger partial charge in [0.25, 0.3) is 0 Å². The van der Waals surface area contributed by atoms with E-state index in [0.29, 0.717) is 0 Å². The van der Waals surface area contributed by atoms with Crippen molar-refractivity contribution in [3.05, 3.63) is 18.2 Å². The minimum atomic E-state index is 0.910. The molecule has 0 aromatic carbocycles. The van der Waals surface area contributed by atoms with Gasteiger partial charge < -0.3 is 4.57 Å². The van der Waals surface area contributed by atoms with Gasteiger partial charge in [-0.15, -0.1) is 0 Å². The Labute approximate surface area is 73.6 Å². The van der Waals surface area contributed by atoms with Crippen molar-refractivity contribution in [2.24, 2.45) is 11.8 Å². The first kappa shape index (κ1) is 7.84. The molecule has 1 aliphatic rings. The van der Waals surface area contributed by atoms with E-state index in [1.807, 2.05) is 6.20 Å². The highest BCUT2D eigenvalue weighted by atomic mass is 15.1. The minimum absolute atomic E-state index is 0.910. The first-order valence-electron chi connectivity index (χ1n) is 4.73. The van der Waals surface area contributed by atoms with Crippen LogP contribution in [0.5, 0.6) is 0 Å². The van der Waals surface area contributed by atoms with E-state index >= 15 is 0 Å². The fourth-order valence-electron chi connectivity index (χ4n) is 2.09. The molecule has 2 nitrogen and oxygen atoms in total. The molecule has 0 amide bonds. The van der Waals surface area contributed by atoms with Crippen LogP contribution < -0.4 is 0 Å². The van der Waals surface area contributed by atoms with Crippen LogP contribution in [-0.2, 0) is 6.54 Å². The molecule has 1 fully saturated rings. The maximum Gasteiger partial charge on any atom is 0.105 e. The molecule has 1 heterocycles. The molecule has 0 saturated heterocycles. The maximum atomic E-state index is 4.21. The number of aromatic nitrogens is 2. The average molecular weight is 164 g/mol. The van der Waals surface area contributed by atoms with Gasteiger partial charge in [0.1, 0.15) is 5.82 Å². The van der Waals surface area contributed by atoms with Gasteiger partial charge in [-0.2, -0.15) is 0 Å². The lowest BCUT2D eigenvalue weighted by Crippen LogP contribution is -2.25. The number of nitrogens with zero attached hydrogens (tertiary/aromatic N) is 2. The summed E-state index contributed by atoms with van der Waals surface area (Å²) < 4.78 is 2.26. The summed E-state index contributed by atoms with van der Waals surface area (Å²) in [6.07, 6.45) is 6.77. The van der Waals surface area contributed by atoms with Gasteiger partial charge >= 0.3 is 0 Å². The Morgan fingerprint density at radius 2 is 2.33 bits per heavy atom. The molecule has 1 aromatic heterocycles. The predicted octanol–water partition coefficient (Wildman–Crippen LogP) is 2.24. The van der Waals surface area contributed by atoms with Crippen LogP contribution in [-0.4, -0.2) is 9.55 Å². The third-order valence-corrected chi connectivity index (χ3v) is 2.85. The molecular formula is C10H16N2. The Kier molecular flexibility index (Phi) is 1.91. The van der Waals surface area contributed by atoms with Crippen molar-refractivity contribution in [2.45, 2.75) is 33.2 Å². The van der Waals surface area contributed by atoms with Gasteiger partial charge in [0.15, 0.2) is 0 Å². The van der Waals surface area contributed by atoms with Gasteiger partial charge in [-0.1, -0.05) is 6.92 Å². The summed E-state index contributed by atoms with van der Waals surface area (Å²) in [5.41, 5.74) is 0. The van der Waals surface area contributed by atoms with E-state index in [4.69, 9.17) is 0 Å². The second-order valence-electron chi connectivity index (χ2n) is 4.07. The SMILES string of the molecule is Cc1nccn1CC1CC(C)C1. The second kappa shape index (κ2) is 2.92. The molecule has 1 aromatic rings. The smallest absolute Gasteiger partial charge is 0.105 e. The van der Waals surface area contributed by atoms with Crippen LogP contribution in [0.4, 0.5) is 0 Å². The largest absolute Gasteiger partial charge is 0.335 e. The lowest BCUT2D eigenvalue weighted by molar-refractivity contribution is 0.186. The standard InChI is InChI=1S/C10H16N2/c1-8-5-10(6-8)7-12-4-3-11-9(12)2/h3-4,8,10H,5-7H2,1-2H3. The zero-order valence-corrected chi connectivity index (χ0v) is 7.83. The maximum absolute atomic E-state index is 4.21. The zero-order chi connectivity index (χ0) is 8.55. The van der Waals surface area contributed by atoms with Crippen molar-refractivity contribution in [1.82, 2.24) is 9.55 Å². The van der Waals surface area contributed by atoms with Crippen LogP contribution in [0.1, 0.15) is 25.6 Å². The van der Waals surface area contributed by atoms with E-state index in [1.165, 1.54) is 19.4 Å². The van der Waals surface area contributed by atoms with Crippen LogP contribution in [0.15, 0.2) is 12.4 Å². The summed E-state index contributed by atoms with van der Waals surface area (Å²) in [4.78, 5) is 4.21. The van der Waals surface area contributed by atoms with Gasteiger partial charge in [0.2, 0.25) is 0 Å². The first-order valence-corrected chi connectivity index (χ1v) is 4.73. The molecule has 0 radical (unpaired) electrons. The molecule has 0 unspecified atom stereocenters. The highest BCUT2D eigenvalue weighted by Crippen LogP contribution is 2.34. The van der Waals surface area contributed by atoms with Crippen LogP contribution in [0.2, 0.25) is 0 Å². The van der Waals surface area contributed by atoms with E-state index < -0.39 is 0 Å². The summed E-state index contributed by atoms with van der Waals surface area (Å²) in [6.45, 7) is 5.58. The van der Waals surface area contributed by atoms with E-state index in [0.717, 1.165) is 17.7 Å². The zero-order valence-electron chi connectivity index (χ0n) is 7.83. The van der Waals surface area contributed by atoms with E-state index in [1.54, 1.807) is 0 Å². The molecule has 0 N–H and O–H groups in total. The van der Waals surface area contributed by atoms with Crippen molar-refractivity contribution >= 4 is 0 Å². The Morgan fingerprint density at radius 1 is 1.58 bits per heavy atom. The molecule has 0 bridgehead atoms. The number of rotatable bonds is 2. The predicted molar refractivity (Wildman–Crippen MR) is 48.9 cm³/mol. The molecule has 1 saturated carbocycles. The Bertz CT molecular complexity index is 259. The summed E-state index contributed by atoms with van der Waals surface area (Å²) in [6, 6.07) is 0. The third-order valence-electron chi connectivity index (χ3n) is 2.85. The van der Waals surface area contributed by atoms with Crippen LogP contribution in [0.3, 0.4) is 0 Å². The summed E-state index contributed by atoms with van der Waals surface area (Å²) in [5.74, 6) is 3.02. The molecule has 1 aliphatic carbocycles. The normalized spacial score (nSPS) is 28.5. The summed E-state index contributed by atoms with van der Waals surface area (Å²) in [5, 5.41) is 0. The van der Waals surface area contributed by atoms with Gasteiger partial charge in [0, 0.05) is 18.9 Å². The molecule has 66 valence electrons. The number of hydrogen-bond acceptors (Lipinski definition) is 1. The Morgan fingerprint density at radius 3 is 2.83 bits per heavy atom. The number of aryl methyl sites for hydroxylation is 1. The minimum Gasteiger partial charge on any atom is -0.335 e. The van der Waals surface area contributed by atoms with Crippen molar-refractivity contribution in [3.8, 4) is 0 Å². The van der Waals surface area contributed by atoms with Gasteiger partial charge in [-0.05, 0) is 31.6 Å². The molecular weight excluding hydrogens is 148 g/mol. The molecule has 0 atom stereocenters.